The third-order valence-electron chi connectivity index (χ3n) is 2.48. The minimum absolute atomic E-state index is 0.244. The van der Waals surface area contributed by atoms with Crippen molar-refractivity contribution in [3.63, 3.8) is 0 Å². The highest BCUT2D eigenvalue weighted by Gasteiger charge is 2.12. The highest BCUT2D eigenvalue weighted by atomic mass is 35.5. The first-order valence-electron chi connectivity index (χ1n) is 6.42. The summed E-state index contributed by atoms with van der Waals surface area (Å²) in [6.07, 6.45) is 0.767. The van der Waals surface area contributed by atoms with Gasteiger partial charge in [0.05, 0.1) is 10.6 Å². The Morgan fingerprint density at radius 2 is 2.21 bits per heavy atom. The van der Waals surface area contributed by atoms with Crippen LogP contribution in [-0.4, -0.2) is 25.7 Å². The second kappa shape index (κ2) is 8.02. The fraction of sp³-hybridized carbons (Fsp3) is 0.500. The summed E-state index contributed by atoms with van der Waals surface area (Å²) < 4.78 is 5.43. The number of carbonyl (C=O) groups excluding carboxylic acids is 1. The number of carbonyl (C=O) groups is 1. The Labute approximate surface area is 119 Å². The number of anilines is 1. The molecule has 19 heavy (non-hydrogen) atoms. The number of nitrogen functional groups attached to an aromatic ring is 1. The van der Waals surface area contributed by atoms with E-state index < -0.39 is 0 Å². The summed E-state index contributed by atoms with van der Waals surface area (Å²) in [6.45, 7) is 6.12. The van der Waals surface area contributed by atoms with Crippen LogP contribution < -0.4 is 11.1 Å². The maximum atomic E-state index is 11.9. The molecular weight excluding hydrogens is 264 g/mol. The van der Waals surface area contributed by atoms with Crippen LogP contribution in [0, 0.1) is 5.92 Å². The van der Waals surface area contributed by atoms with Gasteiger partial charge in [0, 0.05) is 25.4 Å². The van der Waals surface area contributed by atoms with E-state index in [1.54, 1.807) is 18.2 Å². The van der Waals surface area contributed by atoms with Crippen molar-refractivity contribution in [2.24, 2.45) is 5.92 Å². The van der Waals surface area contributed by atoms with Crippen molar-refractivity contribution in [3.8, 4) is 0 Å². The fourth-order valence-electron chi connectivity index (χ4n) is 1.56. The Hall–Kier alpha value is -1.26. The molecular formula is C14H21ClN2O2. The summed E-state index contributed by atoms with van der Waals surface area (Å²) in [5, 5.41) is 3.15. The number of amides is 1. The first-order chi connectivity index (χ1) is 9.02. The van der Waals surface area contributed by atoms with Crippen LogP contribution in [0.4, 0.5) is 5.69 Å². The van der Waals surface area contributed by atoms with Gasteiger partial charge in [0.1, 0.15) is 0 Å². The van der Waals surface area contributed by atoms with Crippen molar-refractivity contribution in [2.75, 3.05) is 25.5 Å². The van der Waals surface area contributed by atoms with E-state index in [9.17, 15) is 4.79 Å². The van der Waals surface area contributed by atoms with E-state index in [0.717, 1.165) is 13.0 Å². The molecule has 1 rings (SSSR count). The average Bonchev–Trinajstić information content (AvgIpc) is 2.33. The van der Waals surface area contributed by atoms with Crippen LogP contribution in [0.5, 0.6) is 0 Å². The lowest BCUT2D eigenvalue weighted by molar-refractivity contribution is 0.0926. The van der Waals surface area contributed by atoms with Gasteiger partial charge in [-0.1, -0.05) is 31.5 Å². The zero-order chi connectivity index (χ0) is 14.3. The van der Waals surface area contributed by atoms with Crippen molar-refractivity contribution in [3.05, 3.63) is 28.8 Å². The van der Waals surface area contributed by atoms with Gasteiger partial charge in [-0.15, -0.1) is 0 Å². The molecule has 1 aromatic carbocycles. The lowest BCUT2D eigenvalue weighted by Crippen LogP contribution is -2.26. The molecule has 0 radical (unpaired) electrons. The van der Waals surface area contributed by atoms with Crippen LogP contribution in [0.1, 0.15) is 30.6 Å². The molecule has 0 heterocycles. The van der Waals surface area contributed by atoms with Gasteiger partial charge >= 0.3 is 0 Å². The molecule has 0 aliphatic carbocycles. The number of hydrogen-bond donors (Lipinski definition) is 2. The molecule has 0 aromatic heterocycles. The summed E-state index contributed by atoms with van der Waals surface area (Å²) in [4.78, 5) is 11.9. The summed E-state index contributed by atoms with van der Waals surface area (Å²) in [6, 6.07) is 5.03. The number of nitrogens with one attached hydrogen (secondary N) is 1. The lowest BCUT2D eigenvalue weighted by atomic mass is 10.1. The van der Waals surface area contributed by atoms with Crippen molar-refractivity contribution in [2.45, 2.75) is 20.3 Å². The molecule has 0 spiro atoms. The van der Waals surface area contributed by atoms with Crippen LogP contribution in [0.25, 0.3) is 0 Å². The Bertz CT molecular complexity index is 402. The van der Waals surface area contributed by atoms with Crippen LogP contribution in [0.15, 0.2) is 18.2 Å². The maximum absolute atomic E-state index is 11.9. The van der Waals surface area contributed by atoms with Gasteiger partial charge in [0.15, 0.2) is 0 Å². The summed E-state index contributed by atoms with van der Waals surface area (Å²) in [5.41, 5.74) is 6.47. The fourth-order valence-corrected chi connectivity index (χ4v) is 1.83. The number of ether oxygens (including phenoxy) is 1. The van der Waals surface area contributed by atoms with E-state index in [1.165, 1.54) is 0 Å². The molecule has 0 unspecified atom stereocenters. The van der Waals surface area contributed by atoms with Gasteiger partial charge in [-0.2, -0.15) is 0 Å². The third kappa shape index (κ3) is 5.49. The standard InChI is InChI=1S/C14H21ClN2O2/c1-10(2)9-19-8-4-7-17-14(18)13-11(15)5-3-6-12(13)16/h3,5-6,10H,4,7-9,16H2,1-2H3,(H,17,18). The topological polar surface area (TPSA) is 64.3 Å². The van der Waals surface area contributed by atoms with Crippen molar-refractivity contribution >= 4 is 23.2 Å². The van der Waals surface area contributed by atoms with E-state index in [2.05, 4.69) is 19.2 Å². The zero-order valence-electron chi connectivity index (χ0n) is 11.4. The Morgan fingerprint density at radius 1 is 1.47 bits per heavy atom. The highest BCUT2D eigenvalue weighted by molar-refractivity contribution is 6.34. The van der Waals surface area contributed by atoms with Crippen molar-refractivity contribution < 1.29 is 9.53 Å². The van der Waals surface area contributed by atoms with Crippen LogP contribution >= 0.6 is 11.6 Å². The van der Waals surface area contributed by atoms with Crippen LogP contribution in [0.3, 0.4) is 0 Å². The molecule has 0 saturated heterocycles. The van der Waals surface area contributed by atoms with E-state index >= 15 is 0 Å². The van der Waals surface area contributed by atoms with Crippen LogP contribution in [-0.2, 0) is 4.74 Å². The monoisotopic (exact) mass is 284 g/mol. The van der Waals surface area contributed by atoms with E-state index in [1.807, 2.05) is 0 Å². The number of halogens is 1. The molecule has 0 fully saturated rings. The molecule has 0 saturated carbocycles. The van der Waals surface area contributed by atoms with Crippen molar-refractivity contribution in [1.82, 2.24) is 5.32 Å². The van der Waals surface area contributed by atoms with E-state index in [-0.39, 0.29) is 5.91 Å². The number of benzene rings is 1. The Balaban J connectivity index is 2.32. The number of rotatable bonds is 7. The van der Waals surface area contributed by atoms with Crippen LogP contribution in [0.2, 0.25) is 5.02 Å². The minimum Gasteiger partial charge on any atom is -0.398 e. The Kier molecular flexibility index (Phi) is 6.67. The summed E-state index contributed by atoms with van der Waals surface area (Å²) in [5.74, 6) is 0.282. The normalized spacial score (nSPS) is 10.7. The SMILES string of the molecule is CC(C)COCCCNC(=O)c1c(N)cccc1Cl. The molecule has 0 atom stereocenters. The summed E-state index contributed by atoms with van der Waals surface area (Å²) >= 11 is 5.96. The van der Waals surface area contributed by atoms with Gasteiger partial charge in [0.25, 0.3) is 5.91 Å². The van der Waals surface area contributed by atoms with Gasteiger partial charge in [0.2, 0.25) is 0 Å². The molecule has 0 aliphatic heterocycles. The van der Waals surface area contributed by atoms with E-state index in [0.29, 0.717) is 35.3 Å². The first kappa shape index (κ1) is 15.8. The van der Waals surface area contributed by atoms with Gasteiger partial charge in [-0.05, 0) is 24.5 Å². The second-order valence-corrected chi connectivity index (χ2v) is 5.19. The number of nitrogens with two attached hydrogens (primary N) is 1. The Morgan fingerprint density at radius 3 is 2.84 bits per heavy atom. The average molecular weight is 285 g/mol. The zero-order valence-corrected chi connectivity index (χ0v) is 12.2. The molecule has 4 nitrogen and oxygen atoms in total. The van der Waals surface area contributed by atoms with Gasteiger partial charge in [-0.25, -0.2) is 0 Å². The highest BCUT2D eigenvalue weighted by Crippen LogP contribution is 2.21. The molecule has 3 N–H and O–H groups in total. The molecule has 5 heteroatoms. The largest absolute Gasteiger partial charge is 0.398 e. The molecule has 0 bridgehead atoms. The second-order valence-electron chi connectivity index (χ2n) is 4.78. The third-order valence-corrected chi connectivity index (χ3v) is 2.79. The van der Waals surface area contributed by atoms with Gasteiger partial charge in [-0.3, -0.25) is 4.79 Å². The predicted molar refractivity (Wildman–Crippen MR) is 78.5 cm³/mol. The van der Waals surface area contributed by atoms with E-state index in [4.69, 9.17) is 22.1 Å². The first-order valence-corrected chi connectivity index (χ1v) is 6.80. The van der Waals surface area contributed by atoms with Gasteiger partial charge < -0.3 is 15.8 Å². The smallest absolute Gasteiger partial charge is 0.254 e. The molecule has 1 amide bonds. The maximum Gasteiger partial charge on any atom is 0.254 e. The lowest BCUT2D eigenvalue weighted by Gasteiger charge is -2.10. The number of hydrogen-bond acceptors (Lipinski definition) is 3. The predicted octanol–water partition coefficient (Wildman–Crippen LogP) is 2.71. The molecule has 1 aromatic rings. The quantitative estimate of drug-likeness (QED) is 0.598. The molecule has 106 valence electrons. The van der Waals surface area contributed by atoms with Crippen molar-refractivity contribution in [1.29, 1.82) is 0 Å². The molecule has 0 aliphatic rings. The minimum atomic E-state index is -0.244. The summed E-state index contributed by atoms with van der Waals surface area (Å²) in [7, 11) is 0.